The molecular formula is C15H18N2O2. The topological polar surface area (TPSA) is 45.5 Å². The van der Waals surface area contributed by atoms with E-state index in [0.717, 1.165) is 42.7 Å². The maximum Gasteiger partial charge on any atom is 0.289 e. The fraction of sp³-hybridized carbons (Fsp3) is 0.400. The number of furan rings is 1. The van der Waals surface area contributed by atoms with Gasteiger partial charge < -0.3 is 14.6 Å². The summed E-state index contributed by atoms with van der Waals surface area (Å²) < 4.78 is 5.76. The van der Waals surface area contributed by atoms with Gasteiger partial charge in [0.05, 0.1) is 0 Å². The van der Waals surface area contributed by atoms with Crippen LogP contribution < -0.4 is 5.32 Å². The van der Waals surface area contributed by atoms with Gasteiger partial charge in [0.15, 0.2) is 5.76 Å². The molecule has 100 valence electrons. The highest BCUT2D eigenvalue weighted by atomic mass is 16.3. The van der Waals surface area contributed by atoms with E-state index in [-0.39, 0.29) is 5.91 Å². The van der Waals surface area contributed by atoms with Crippen LogP contribution in [-0.4, -0.2) is 37.0 Å². The molecule has 1 aromatic carbocycles. The minimum absolute atomic E-state index is 0.00727. The summed E-state index contributed by atoms with van der Waals surface area (Å²) in [6.45, 7) is 7.20. The average Bonchev–Trinajstić information content (AvgIpc) is 2.76. The van der Waals surface area contributed by atoms with E-state index in [9.17, 15) is 4.79 Å². The molecular weight excluding hydrogens is 240 g/mol. The van der Waals surface area contributed by atoms with Gasteiger partial charge in [-0.15, -0.1) is 0 Å². The lowest BCUT2D eigenvalue weighted by Crippen LogP contribution is -2.46. The quantitative estimate of drug-likeness (QED) is 0.852. The van der Waals surface area contributed by atoms with Crippen molar-refractivity contribution in [3.05, 3.63) is 35.1 Å². The van der Waals surface area contributed by atoms with Crippen LogP contribution in [0.2, 0.25) is 0 Å². The van der Waals surface area contributed by atoms with Crippen LogP contribution in [-0.2, 0) is 0 Å². The van der Waals surface area contributed by atoms with E-state index < -0.39 is 0 Å². The number of carbonyl (C=O) groups is 1. The second-order valence-electron chi connectivity index (χ2n) is 5.10. The SMILES string of the molecule is Cc1ccc2oc(C(=O)N3CCNCC3)c(C)c2c1. The molecule has 2 heterocycles. The number of nitrogens with zero attached hydrogens (tertiary/aromatic N) is 1. The lowest BCUT2D eigenvalue weighted by Gasteiger charge is -2.26. The first-order valence-corrected chi connectivity index (χ1v) is 6.66. The molecule has 0 bridgehead atoms. The van der Waals surface area contributed by atoms with Crippen molar-refractivity contribution in [2.75, 3.05) is 26.2 Å². The van der Waals surface area contributed by atoms with Crippen molar-refractivity contribution in [1.82, 2.24) is 10.2 Å². The van der Waals surface area contributed by atoms with Crippen LogP contribution >= 0.6 is 0 Å². The van der Waals surface area contributed by atoms with E-state index in [4.69, 9.17) is 4.42 Å². The highest BCUT2D eigenvalue weighted by Crippen LogP contribution is 2.27. The number of hydrogen-bond acceptors (Lipinski definition) is 3. The molecule has 0 atom stereocenters. The summed E-state index contributed by atoms with van der Waals surface area (Å²) in [6, 6.07) is 6.01. The number of fused-ring (bicyclic) bond motifs is 1. The summed E-state index contributed by atoms with van der Waals surface area (Å²) in [5, 5.41) is 4.29. The number of nitrogens with one attached hydrogen (secondary N) is 1. The number of carbonyl (C=O) groups excluding carboxylic acids is 1. The van der Waals surface area contributed by atoms with Gasteiger partial charge >= 0.3 is 0 Å². The van der Waals surface area contributed by atoms with Gasteiger partial charge in [-0.3, -0.25) is 4.79 Å². The van der Waals surface area contributed by atoms with Crippen molar-refractivity contribution < 1.29 is 9.21 Å². The van der Waals surface area contributed by atoms with Gasteiger partial charge in [-0.2, -0.15) is 0 Å². The number of amides is 1. The largest absolute Gasteiger partial charge is 0.451 e. The molecule has 2 aromatic rings. The highest BCUT2D eigenvalue weighted by molar-refractivity contribution is 5.99. The smallest absolute Gasteiger partial charge is 0.289 e. The Hall–Kier alpha value is -1.81. The normalized spacial score (nSPS) is 16.0. The Morgan fingerprint density at radius 3 is 2.74 bits per heavy atom. The number of benzene rings is 1. The molecule has 1 N–H and O–H groups in total. The van der Waals surface area contributed by atoms with Crippen LogP contribution in [0.1, 0.15) is 21.7 Å². The van der Waals surface area contributed by atoms with Crippen molar-refractivity contribution in [2.24, 2.45) is 0 Å². The fourth-order valence-electron chi connectivity index (χ4n) is 2.55. The van der Waals surface area contributed by atoms with Gasteiger partial charge in [0, 0.05) is 37.1 Å². The monoisotopic (exact) mass is 258 g/mol. The van der Waals surface area contributed by atoms with Crippen LogP contribution in [0.25, 0.3) is 11.0 Å². The zero-order chi connectivity index (χ0) is 13.4. The lowest BCUT2D eigenvalue weighted by molar-refractivity contribution is 0.0705. The maximum absolute atomic E-state index is 12.5. The second-order valence-corrected chi connectivity index (χ2v) is 5.10. The predicted molar refractivity (Wildman–Crippen MR) is 74.5 cm³/mol. The van der Waals surface area contributed by atoms with Gasteiger partial charge in [0.25, 0.3) is 5.91 Å². The molecule has 19 heavy (non-hydrogen) atoms. The van der Waals surface area contributed by atoms with E-state index >= 15 is 0 Å². The molecule has 0 spiro atoms. The Balaban J connectivity index is 2.00. The summed E-state index contributed by atoms with van der Waals surface area (Å²) in [4.78, 5) is 14.3. The Morgan fingerprint density at radius 2 is 2.00 bits per heavy atom. The minimum atomic E-state index is 0.00727. The van der Waals surface area contributed by atoms with Crippen LogP contribution in [0.3, 0.4) is 0 Å². The van der Waals surface area contributed by atoms with Gasteiger partial charge in [-0.1, -0.05) is 11.6 Å². The van der Waals surface area contributed by atoms with E-state index in [1.54, 1.807) is 0 Å². The van der Waals surface area contributed by atoms with E-state index in [2.05, 4.69) is 11.4 Å². The molecule has 1 aliphatic heterocycles. The molecule has 1 aliphatic rings. The van der Waals surface area contributed by atoms with Gasteiger partial charge in [-0.05, 0) is 26.0 Å². The summed E-state index contributed by atoms with van der Waals surface area (Å²) in [5.41, 5.74) is 2.92. The summed E-state index contributed by atoms with van der Waals surface area (Å²) in [5.74, 6) is 0.496. The number of rotatable bonds is 1. The van der Waals surface area contributed by atoms with Crippen molar-refractivity contribution in [1.29, 1.82) is 0 Å². The van der Waals surface area contributed by atoms with Gasteiger partial charge in [0.2, 0.25) is 0 Å². The van der Waals surface area contributed by atoms with E-state index in [1.807, 2.05) is 30.9 Å². The molecule has 0 saturated carbocycles. The Kier molecular flexibility index (Phi) is 3.03. The van der Waals surface area contributed by atoms with Crippen molar-refractivity contribution in [3.63, 3.8) is 0 Å². The van der Waals surface area contributed by atoms with Crippen LogP contribution in [0.4, 0.5) is 0 Å². The Bertz CT molecular complexity index is 624. The molecule has 0 radical (unpaired) electrons. The first kappa shape index (κ1) is 12.2. The molecule has 1 amide bonds. The molecule has 4 nitrogen and oxygen atoms in total. The van der Waals surface area contributed by atoms with Crippen LogP contribution in [0, 0.1) is 13.8 Å². The van der Waals surface area contributed by atoms with Crippen molar-refractivity contribution >= 4 is 16.9 Å². The zero-order valence-electron chi connectivity index (χ0n) is 11.3. The standard InChI is InChI=1S/C15H18N2O2/c1-10-3-4-13-12(9-10)11(2)14(19-13)15(18)17-7-5-16-6-8-17/h3-4,9,16H,5-8H2,1-2H3. The second kappa shape index (κ2) is 4.70. The fourth-order valence-corrected chi connectivity index (χ4v) is 2.55. The third kappa shape index (κ3) is 2.12. The summed E-state index contributed by atoms with van der Waals surface area (Å²) in [6.07, 6.45) is 0. The maximum atomic E-state index is 12.5. The minimum Gasteiger partial charge on any atom is -0.451 e. The van der Waals surface area contributed by atoms with E-state index in [0.29, 0.717) is 5.76 Å². The zero-order valence-corrected chi connectivity index (χ0v) is 11.3. The Morgan fingerprint density at radius 1 is 1.26 bits per heavy atom. The average molecular weight is 258 g/mol. The third-order valence-corrected chi connectivity index (χ3v) is 3.69. The predicted octanol–water partition coefficient (Wildman–Crippen LogP) is 2.10. The van der Waals surface area contributed by atoms with E-state index in [1.165, 1.54) is 5.56 Å². The molecule has 1 saturated heterocycles. The first-order valence-electron chi connectivity index (χ1n) is 6.66. The third-order valence-electron chi connectivity index (χ3n) is 3.69. The molecule has 1 aromatic heterocycles. The van der Waals surface area contributed by atoms with Gasteiger partial charge in [0.1, 0.15) is 5.58 Å². The lowest BCUT2D eigenvalue weighted by atomic mass is 10.1. The molecule has 1 fully saturated rings. The number of aryl methyl sites for hydroxylation is 2. The highest BCUT2D eigenvalue weighted by Gasteiger charge is 2.24. The Labute approximate surface area is 112 Å². The first-order chi connectivity index (χ1) is 9.16. The molecule has 0 aliphatic carbocycles. The van der Waals surface area contributed by atoms with Crippen LogP contribution in [0.5, 0.6) is 0 Å². The van der Waals surface area contributed by atoms with Crippen molar-refractivity contribution in [2.45, 2.75) is 13.8 Å². The number of piperazine rings is 1. The van der Waals surface area contributed by atoms with Crippen LogP contribution in [0.15, 0.2) is 22.6 Å². The molecule has 4 heteroatoms. The molecule has 3 rings (SSSR count). The summed E-state index contributed by atoms with van der Waals surface area (Å²) in [7, 11) is 0. The summed E-state index contributed by atoms with van der Waals surface area (Å²) >= 11 is 0. The number of hydrogen-bond donors (Lipinski definition) is 1. The van der Waals surface area contributed by atoms with Gasteiger partial charge in [-0.25, -0.2) is 0 Å². The molecule has 0 unspecified atom stereocenters. The van der Waals surface area contributed by atoms with Crippen molar-refractivity contribution in [3.8, 4) is 0 Å².